The molecule has 2 rings (SSSR count). The molecule has 19 heavy (non-hydrogen) atoms. The second-order valence-electron chi connectivity index (χ2n) is 4.39. The predicted octanol–water partition coefficient (Wildman–Crippen LogP) is 0.509. The smallest absolute Gasteiger partial charge is 0.216 e. The van der Waals surface area contributed by atoms with Gasteiger partial charge in [-0.15, -0.1) is 5.10 Å². The van der Waals surface area contributed by atoms with E-state index in [4.69, 9.17) is 4.74 Å². The van der Waals surface area contributed by atoms with Crippen molar-refractivity contribution in [1.29, 1.82) is 0 Å². The van der Waals surface area contributed by atoms with Crippen molar-refractivity contribution in [3.05, 3.63) is 23.7 Å². The van der Waals surface area contributed by atoms with Crippen molar-refractivity contribution in [3.63, 3.8) is 0 Å². The van der Waals surface area contributed by atoms with Crippen LogP contribution in [0.25, 0.3) is 0 Å². The minimum absolute atomic E-state index is 0.764. The maximum Gasteiger partial charge on any atom is 0.216 e. The first kappa shape index (κ1) is 13.5. The van der Waals surface area contributed by atoms with Gasteiger partial charge in [-0.25, -0.2) is 4.68 Å². The highest BCUT2D eigenvalue weighted by Crippen LogP contribution is 2.20. The quantitative estimate of drug-likeness (QED) is 0.738. The van der Waals surface area contributed by atoms with E-state index in [0.717, 1.165) is 43.2 Å². The molecule has 7 nitrogen and oxygen atoms in total. The maximum atomic E-state index is 5.35. The minimum atomic E-state index is 0.764. The monoisotopic (exact) mass is 264 g/mol. The number of nitrogens with one attached hydrogen (secondary N) is 1. The first-order valence-corrected chi connectivity index (χ1v) is 6.33. The van der Waals surface area contributed by atoms with Gasteiger partial charge in [0.05, 0.1) is 24.6 Å². The summed E-state index contributed by atoms with van der Waals surface area (Å²) in [5.41, 5.74) is 2.12. The molecule has 0 aliphatic carbocycles. The summed E-state index contributed by atoms with van der Waals surface area (Å²) in [7, 11) is 3.56. The van der Waals surface area contributed by atoms with Crippen LogP contribution in [-0.2, 0) is 20.1 Å². The second kappa shape index (κ2) is 6.33. The van der Waals surface area contributed by atoms with E-state index in [-0.39, 0.29) is 0 Å². The minimum Gasteiger partial charge on any atom is -0.481 e. The van der Waals surface area contributed by atoms with E-state index in [2.05, 4.69) is 20.7 Å². The molecule has 0 aliphatic rings. The zero-order chi connectivity index (χ0) is 13.7. The van der Waals surface area contributed by atoms with Gasteiger partial charge in [0.15, 0.2) is 0 Å². The zero-order valence-electron chi connectivity index (χ0n) is 11.6. The summed E-state index contributed by atoms with van der Waals surface area (Å²) < 4.78 is 8.95. The molecule has 0 bridgehead atoms. The Hall–Kier alpha value is -1.89. The Bertz CT molecular complexity index is 505. The van der Waals surface area contributed by atoms with Crippen LogP contribution in [0.5, 0.6) is 5.88 Å². The van der Waals surface area contributed by atoms with Gasteiger partial charge >= 0.3 is 0 Å². The molecule has 2 heterocycles. The summed E-state index contributed by atoms with van der Waals surface area (Å²) in [5.74, 6) is 0.821. The molecule has 104 valence electrons. The Morgan fingerprint density at radius 3 is 2.95 bits per heavy atom. The van der Waals surface area contributed by atoms with Gasteiger partial charge in [-0.1, -0.05) is 5.21 Å². The van der Waals surface area contributed by atoms with Crippen LogP contribution in [-0.4, -0.2) is 38.4 Å². The first-order valence-electron chi connectivity index (χ1n) is 6.33. The first-order chi connectivity index (χ1) is 9.22. The molecular weight excluding hydrogens is 244 g/mol. The summed E-state index contributed by atoms with van der Waals surface area (Å²) in [6.45, 7) is 4.54. The summed E-state index contributed by atoms with van der Waals surface area (Å²) in [4.78, 5) is 0. The van der Waals surface area contributed by atoms with Crippen LogP contribution in [0, 0.1) is 6.92 Å². The van der Waals surface area contributed by atoms with E-state index in [1.807, 2.05) is 24.9 Å². The Balaban J connectivity index is 1.76. The van der Waals surface area contributed by atoms with Crippen molar-refractivity contribution in [2.45, 2.75) is 26.4 Å². The van der Waals surface area contributed by atoms with Crippen LogP contribution in [0.15, 0.2) is 12.4 Å². The molecule has 0 saturated carbocycles. The molecular formula is C12H20N6O. The van der Waals surface area contributed by atoms with Gasteiger partial charge in [0, 0.05) is 26.3 Å². The van der Waals surface area contributed by atoms with Crippen LogP contribution in [0.4, 0.5) is 0 Å². The van der Waals surface area contributed by atoms with Crippen LogP contribution >= 0.6 is 0 Å². The number of aromatic nitrogens is 5. The number of rotatable bonds is 7. The lowest BCUT2D eigenvalue weighted by molar-refractivity contribution is 0.367. The fourth-order valence-corrected chi connectivity index (χ4v) is 2.07. The van der Waals surface area contributed by atoms with Crippen molar-refractivity contribution in [3.8, 4) is 5.88 Å². The van der Waals surface area contributed by atoms with Crippen molar-refractivity contribution in [2.24, 2.45) is 7.05 Å². The van der Waals surface area contributed by atoms with Crippen molar-refractivity contribution >= 4 is 0 Å². The number of nitrogens with zero attached hydrogens (tertiary/aromatic N) is 5. The molecule has 0 aromatic carbocycles. The topological polar surface area (TPSA) is 69.8 Å². The average molecular weight is 264 g/mol. The second-order valence-corrected chi connectivity index (χ2v) is 4.39. The largest absolute Gasteiger partial charge is 0.481 e. The predicted molar refractivity (Wildman–Crippen MR) is 70.8 cm³/mol. The van der Waals surface area contributed by atoms with Crippen molar-refractivity contribution in [2.75, 3.05) is 13.7 Å². The average Bonchev–Trinajstić information content (AvgIpc) is 2.98. The van der Waals surface area contributed by atoms with E-state index in [0.29, 0.717) is 0 Å². The zero-order valence-corrected chi connectivity index (χ0v) is 11.6. The third-order valence-corrected chi connectivity index (χ3v) is 3.00. The van der Waals surface area contributed by atoms with Crippen molar-refractivity contribution in [1.82, 2.24) is 30.1 Å². The van der Waals surface area contributed by atoms with E-state index in [1.54, 1.807) is 18.0 Å². The molecule has 0 spiro atoms. The molecule has 0 aliphatic heterocycles. The SMILES string of the molecule is COc1c(CNCCCn2ccnn2)c(C)nn1C. The highest BCUT2D eigenvalue weighted by molar-refractivity contribution is 5.30. The maximum absolute atomic E-state index is 5.35. The lowest BCUT2D eigenvalue weighted by Crippen LogP contribution is -2.17. The summed E-state index contributed by atoms with van der Waals surface area (Å²) >= 11 is 0. The number of ether oxygens (including phenoxy) is 1. The van der Waals surface area contributed by atoms with Gasteiger partial charge in [-0.2, -0.15) is 5.10 Å². The molecule has 0 radical (unpaired) electrons. The standard InChI is InChI=1S/C12H20N6O/c1-10-11(12(19-3)17(2)15-10)9-13-5-4-7-18-8-6-14-16-18/h6,8,13H,4-5,7,9H2,1-3H3. The fourth-order valence-electron chi connectivity index (χ4n) is 2.07. The van der Waals surface area contributed by atoms with Gasteiger partial charge in [-0.3, -0.25) is 4.68 Å². The van der Waals surface area contributed by atoms with Gasteiger partial charge in [-0.05, 0) is 19.9 Å². The number of hydrogen-bond donors (Lipinski definition) is 1. The van der Waals surface area contributed by atoms with Crippen LogP contribution in [0.3, 0.4) is 0 Å². The number of hydrogen-bond acceptors (Lipinski definition) is 5. The van der Waals surface area contributed by atoms with E-state index in [1.165, 1.54) is 0 Å². The van der Waals surface area contributed by atoms with Gasteiger partial charge in [0.1, 0.15) is 0 Å². The fraction of sp³-hybridized carbons (Fsp3) is 0.583. The molecule has 0 fully saturated rings. The Labute approximate surface area is 112 Å². The Morgan fingerprint density at radius 2 is 2.26 bits per heavy atom. The van der Waals surface area contributed by atoms with E-state index >= 15 is 0 Å². The lowest BCUT2D eigenvalue weighted by Gasteiger charge is -2.07. The van der Waals surface area contributed by atoms with Gasteiger partial charge in [0.2, 0.25) is 5.88 Å². The molecule has 0 unspecified atom stereocenters. The molecule has 2 aromatic heterocycles. The molecule has 2 aromatic rings. The molecule has 0 saturated heterocycles. The third kappa shape index (κ3) is 3.31. The molecule has 0 atom stereocenters. The number of aryl methyl sites for hydroxylation is 3. The molecule has 0 amide bonds. The summed E-state index contributed by atoms with van der Waals surface area (Å²) in [6.07, 6.45) is 4.57. The summed E-state index contributed by atoms with van der Waals surface area (Å²) in [5, 5.41) is 15.4. The number of methoxy groups -OCH3 is 1. The molecule has 1 N–H and O–H groups in total. The van der Waals surface area contributed by atoms with Crippen molar-refractivity contribution < 1.29 is 4.74 Å². The highest BCUT2D eigenvalue weighted by atomic mass is 16.5. The van der Waals surface area contributed by atoms with E-state index < -0.39 is 0 Å². The van der Waals surface area contributed by atoms with E-state index in [9.17, 15) is 0 Å². The molecule has 7 heteroatoms. The Morgan fingerprint density at radius 1 is 1.42 bits per heavy atom. The lowest BCUT2D eigenvalue weighted by atomic mass is 10.2. The Kier molecular flexibility index (Phi) is 4.51. The van der Waals surface area contributed by atoms with Crippen LogP contribution in [0.2, 0.25) is 0 Å². The summed E-state index contributed by atoms with van der Waals surface area (Å²) in [6, 6.07) is 0. The van der Waals surface area contributed by atoms with Gasteiger partial charge < -0.3 is 10.1 Å². The van der Waals surface area contributed by atoms with Crippen LogP contribution in [0.1, 0.15) is 17.7 Å². The van der Waals surface area contributed by atoms with Crippen LogP contribution < -0.4 is 10.1 Å². The highest BCUT2D eigenvalue weighted by Gasteiger charge is 2.12. The normalized spacial score (nSPS) is 10.9. The third-order valence-electron chi connectivity index (χ3n) is 3.00. The van der Waals surface area contributed by atoms with Gasteiger partial charge in [0.25, 0.3) is 0 Å².